The molecule has 0 radical (unpaired) electrons. The predicted molar refractivity (Wildman–Crippen MR) is 164 cm³/mol. The van der Waals surface area contributed by atoms with Gasteiger partial charge in [-0.2, -0.15) is 0 Å². The molecule has 6 nitrogen and oxygen atoms in total. The standard InChI is InChI=1S/C29H58O6Si3/c1-11-36(12-2,13-3)33-27-25(23-30-10)32-26(24-21-20-22-31-24)28(34-37(14-4,15-5)16-6)29(27)35-38(17-7,18-8)19-9/h20-22,25-29H,11-19,23H2,1-10H3/t25-,26-,27-,28+,29+/m1/s1/i10TD/t10?,25-,26-,27-,28+,29+. The molecule has 0 saturated carbocycles. The Balaban J connectivity index is 2.78. The molecule has 38 heavy (non-hydrogen) atoms. The Morgan fingerprint density at radius 3 is 1.58 bits per heavy atom. The van der Waals surface area contributed by atoms with Crippen LogP contribution in [0.25, 0.3) is 0 Å². The second kappa shape index (κ2) is 15.7. The average molecular weight is 590 g/mol. The number of hydrogen-bond donors (Lipinski definition) is 0. The summed E-state index contributed by atoms with van der Waals surface area (Å²) < 4.78 is 56.0. The van der Waals surface area contributed by atoms with Gasteiger partial charge in [-0.15, -0.1) is 0 Å². The summed E-state index contributed by atoms with van der Waals surface area (Å²) in [5, 5.41) is 0. The van der Waals surface area contributed by atoms with Crippen LogP contribution in [-0.4, -0.2) is 63.0 Å². The van der Waals surface area contributed by atoms with Crippen molar-refractivity contribution in [2.24, 2.45) is 0 Å². The fraction of sp³-hybridized carbons (Fsp3) is 0.862. The second-order valence-electron chi connectivity index (χ2n) is 10.9. The highest BCUT2D eigenvalue weighted by molar-refractivity contribution is 6.74. The van der Waals surface area contributed by atoms with Crippen LogP contribution in [0.1, 0.15) is 76.9 Å². The van der Waals surface area contributed by atoms with Crippen molar-refractivity contribution in [1.29, 1.82) is 0 Å². The van der Waals surface area contributed by atoms with Gasteiger partial charge in [0.05, 0.1) is 15.6 Å². The minimum Gasteiger partial charge on any atom is -0.466 e. The number of hydrogen-bond acceptors (Lipinski definition) is 6. The van der Waals surface area contributed by atoms with Crippen molar-refractivity contribution in [3.63, 3.8) is 0 Å². The highest BCUT2D eigenvalue weighted by atomic mass is 28.4. The molecule has 0 aliphatic carbocycles. The van der Waals surface area contributed by atoms with Gasteiger partial charge in [-0.1, -0.05) is 62.3 Å². The van der Waals surface area contributed by atoms with E-state index in [2.05, 4.69) is 62.3 Å². The number of furan rings is 1. The maximum Gasteiger partial charge on any atom is 0.192 e. The van der Waals surface area contributed by atoms with Gasteiger partial charge in [-0.25, -0.2) is 0 Å². The second-order valence-corrected chi connectivity index (χ2v) is 25.1. The fourth-order valence-electron chi connectivity index (χ4n) is 6.10. The first-order valence-electron chi connectivity index (χ1n) is 16.4. The van der Waals surface area contributed by atoms with Crippen LogP contribution in [-0.2, 0) is 22.8 Å². The molecule has 1 aromatic heterocycles. The van der Waals surface area contributed by atoms with Crippen molar-refractivity contribution in [3.05, 3.63) is 24.2 Å². The molecule has 6 atom stereocenters. The third-order valence-corrected chi connectivity index (χ3v) is 23.6. The molecule has 1 aromatic rings. The van der Waals surface area contributed by atoms with Gasteiger partial charge in [0, 0.05) is 7.06 Å². The molecule has 0 bridgehead atoms. The van der Waals surface area contributed by atoms with Gasteiger partial charge in [0.2, 0.25) is 0 Å². The summed E-state index contributed by atoms with van der Waals surface area (Å²) >= 11 is 0. The van der Waals surface area contributed by atoms with Crippen LogP contribution in [0.5, 0.6) is 0 Å². The van der Waals surface area contributed by atoms with Crippen molar-refractivity contribution in [3.8, 4) is 0 Å². The maximum atomic E-state index is 7.75. The first-order valence-corrected chi connectivity index (χ1v) is 22.9. The molecule has 1 unspecified atom stereocenters. The van der Waals surface area contributed by atoms with Gasteiger partial charge < -0.3 is 27.2 Å². The van der Waals surface area contributed by atoms with Crippen LogP contribution in [0.3, 0.4) is 0 Å². The molecule has 9 heteroatoms. The minimum atomic E-state index is -2.12. The molecule has 222 valence electrons. The van der Waals surface area contributed by atoms with E-state index in [1.165, 1.54) is 0 Å². The van der Waals surface area contributed by atoms with Crippen molar-refractivity contribution >= 4 is 25.0 Å². The van der Waals surface area contributed by atoms with Gasteiger partial charge in [0.15, 0.2) is 25.0 Å². The molecule has 0 amide bonds. The lowest BCUT2D eigenvalue weighted by Crippen LogP contribution is -2.65. The third-order valence-electron chi connectivity index (χ3n) is 9.68. The SMILES string of the molecule is [2H]C([3H])OC[C@H]1O[C@H](c2ccco2)[C@H](O[Si](CC)(CC)CC)[C@@H](O[Si](CC)(CC)CC)[C@@H]1O[Si](CC)(CC)CC. The molecule has 1 aliphatic rings. The molecule has 0 N–H and O–H groups in total. The zero-order valence-electron chi connectivity index (χ0n) is 27.7. The predicted octanol–water partition coefficient (Wildman–Crippen LogP) is 8.54. The van der Waals surface area contributed by atoms with Crippen LogP contribution < -0.4 is 0 Å². The first-order chi connectivity index (χ1) is 19.1. The van der Waals surface area contributed by atoms with E-state index in [4.69, 9.17) is 29.9 Å². The summed E-state index contributed by atoms with van der Waals surface area (Å²) in [5.41, 5.74) is 0. The summed E-state index contributed by atoms with van der Waals surface area (Å²) in [6.07, 6.45) is -0.455. The highest BCUT2D eigenvalue weighted by Crippen LogP contribution is 2.43. The van der Waals surface area contributed by atoms with Crippen LogP contribution in [0.15, 0.2) is 22.8 Å². The number of methoxy groups -OCH3 is 1. The van der Waals surface area contributed by atoms with Gasteiger partial charge in [-0.05, 0) is 66.5 Å². The smallest absolute Gasteiger partial charge is 0.192 e. The van der Waals surface area contributed by atoms with Gasteiger partial charge in [0.25, 0.3) is 0 Å². The summed E-state index contributed by atoms with van der Waals surface area (Å²) in [7, 11) is -7.73. The quantitative estimate of drug-likeness (QED) is 0.160. The Labute approximate surface area is 239 Å². The van der Waals surface area contributed by atoms with Crippen LogP contribution >= 0.6 is 0 Å². The molecule has 1 saturated heterocycles. The summed E-state index contributed by atoms with van der Waals surface area (Å²) in [6.45, 7) is 20.3. The molecular weight excluding hydrogens is 529 g/mol. The summed E-state index contributed by atoms with van der Waals surface area (Å²) in [5.74, 6) is 0.711. The Kier molecular flexibility index (Phi) is 12.6. The summed E-state index contributed by atoms with van der Waals surface area (Å²) in [6, 6.07) is 12.9. The topological polar surface area (TPSA) is 59.3 Å². The molecule has 0 aromatic carbocycles. The van der Waals surface area contributed by atoms with E-state index in [0.717, 1.165) is 54.4 Å². The Morgan fingerprint density at radius 1 is 0.737 bits per heavy atom. The zero-order valence-corrected chi connectivity index (χ0v) is 28.7. The molecule has 2 heterocycles. The van der Waals surface area contributed by atoms with Crippen LogP contribution in [0.2, 0.25) is 54.4 Å². The average Bonchev–Trinajstić information content (AvgIpc) is 3.53. The maximum absolute atomic E-state index is 7.75. The van der Waals surface area contributed by atoms with E-state index in [-0.39, 0.29) is 18.8 Å². The summed E-state index contributed by atoms with van der Waals surface area (Å²) in [4.78, 5) is 0. The highest BCUT2D eigenvalue weighted by Gasteiger charge is 2.55. The van der Waals surface area contributed by atoms with E-state index in [1.807, 2.05) is 12.1 Å². The van der Waals surface area contributed by atoms with E-state index in [1.54, 1.807) is 6.26 Å². The van der Waals surface area contributed by atoms with Crippen molar-refractivity contribution in [2.75, 3.05) is 13.7 Å². The van der Waals surface area contributed by atoms with E-state index in [0.29, 0.717) is 5.76 Å². The molecular formula is C29H58O6Si3. The largest absolute Gasteiger partial charge is 0.466 e. The third kappa shape index (κ3) is 7.51. The van der Waals surface area contributed by atoms with Gasteiger partial charge in [0.1, 0.15) is 36.3 Å². The van der Waals surface area contributed by atoms with Crippen molar-refractivity contribution in [2.45, 2.75) is 147 Å². The molecule has 0 spiro atoms. The Bertz CT molecular complexity index is 794. The van der Waals surface area contributed by atoms with Crippen LogP contribution in [0, 0.1) is 0 Å². The minimum absolute atomic E-state index is 0.0879. The van der Waals surface area contributed by atoms with E-state index in [9.17, 15) is 0 Å². The lowest BCUT2D eigenvalue weighted by atomic mass is 9.94. The van der Waals surface area contributed by atoms with E-state index < -0.39 is 50.3 Å². The normalized spacial score (nSPS) is 26.7. The van der Waals surface area contributed by atoms with Crippen LogP contribution in [0.4, 0.5) is 0 Å². The van der Waals surface area contributed by atoms with Gasteiger partial charge >= 0.3 is 0 Å². The van der Waals surface area contributed by atoms with Gasteiger partial charge in [-0.3, -0.25) is 0 Å². The van der Waals surface area contributed by atoms with E-state index >= 15 is 0 Å². The Morgan fingerprint density at radius 2 is 1.18 bits per heavy atom. The molecule has 2 rings (SSSR count). The zero-order chi connectivity index (χ0) is 30.0. The first kappa shape index (κ1) is 30.7. The van der Waals surface area contributed by atoms with Crippen molar-refractivity contribution < 1.29 is 29.9 Å². The lowest BCUT2D eigenvalue weighted by Gasteiger charge is -2.52. The lowest BCUT2D eigenvalue weighted by molar-refractivity contribution is -0.225. The molecule has 1 aliphatic heterocycles. The molecule has 1 fully saturated rings. The monoisotopic (exact) mass is 589 g/mol. The fourth-order valence-corrected chi connectivity index (χ4v) is 14.6. The number of ether oxygens (including phenoxy) is 2. The Hall–Kier alpha value is -0.269. The van der Waals surface area contributed by atoms with Crippen molar-refractivity contribution in [1.82, 2.24) is 0 Å². The number of rotatable bonds is 18.